The van der Waals surface area contributed by atoms with Crippen LogP contribution in [0.2, 0.25) is 5.02 Å². The zero-order valence-corrected chi connectivity index (χ0v) is 24.5. The molecule has 0 aliphatic rings. The predicted octanol–water partition coefficient (Wildman–Crippen LogP) is 7.22. The molecule has 9 heteroatoms. The highest BCUT2D eigenvalue weighted by molar-refractivity contribution is 6.32. The van der Waals surface area contributed by atoms with Crippen LogP contribution in [-0.4, -0.2) is 41.4 Å². The lowest BCUT2D eigenvalue weighted by molar-refractivity contribution is -0.116. The molecule has 8 nitrogen and oxygen atoms in total. The summed E-state index contributed by atoms with van der Waals surface area (Å²) >= 11 is 6.60. The molecule has 0 saturated carbocycles. The molecule has 2 N–H and O–H groups in total. The molecular weight excluding hydrogens is 548 g/mol. The standard InChI is InChI=1S/C33H31ClN6O2/c1-21-15-30-26(17-29(21)39-32(41)9-6-14-40(2)3)33(23(18-35)19-36-30)38-24-12-13-31(27(34)16-24)42-20-25-11-10-22-7-4-5-8-28(22)37-25/h4-5,7-8,10-13,15-17,19H,6,9,14,20H2,1-3H3,(H,36,38)(H,39,41). The van der Waals surface area contributed by atoms with Crippen LogP contribution >= 0.6 is 11.6 Å². The Labute approximate surface area is 249 Å². The number of carbonyl (C=O) groups is 1. The van der Waals surface area contributed by atoms with Crippen molar-refractivity contribution in [1.29, 1.82) is 5.26 Å². The number of nitrogens with one attached hydrogen (secondary N) is 2. The first-order valence-electron chi connectivity index (χ1n) is 13.6. The maximum absolute atomic E-state index is 12.6. The number of amides is 1. The van der Waals surface area contributed by atoms with Crippen molar-refractivity contribution in [1.82, 2.24) is 14.9 Å². The average Bonchev–Trinajstić information content (AvgIpc) is 2.97. The van der Waals surface area contributed by atoms with E-state index in [2.05, 4.69) is 31.6 Å². The van der Waals surface area contributed by atoms with E-state index < -0.39 is 0 Å². The van der Waals surface area contributed by atoms with Gasteiger partial charge in [0.05, 0.1) is 33.0 Å². The van der Waals surface area contributed by atoms with Gasteiger partial charge in [-0.2, -0.15) is 5.26 Å². The number of pyridine rings is 2. The van der Waals surface area contributed by atoms with Crippen LogP contribution in [0.25, 0.3) is 21.8 Å². The Morgan fingerprint density at radius 3 is 2.69 bits per heavy atom. The maximum Gasteiger partial charge on any atom is 0.224 e. The van der Waals surface area contributed by atoms with Gasteiger partial charge in [0.2, 0.25) is 5.91 Å². The van der Waals surface area contributed by atoms with Crippen molar-refractivity contribution in [2.24, 2.45) is 0 Å². The summed E-state index contributed by atoms with van der Waals surface area (Å²) in [5, 5.41) is 18.4. The Morgan fingerprint density at radius 2 is 1.90 bits per heavy atom. The highest BCUT2D eigenvalue weighted by atomic mass is 35.5. The molecule has 1 amide bonds. The molecule has 0 saturated heterocycles. The summed E-state index contributed by atoms with van der Waals surface area (Å²) in [5.74, 6) is 0.464. The molecule has 3 aromatic carbocycles. The van der Waals surface area contributed by atoms with Gasteiger partial charge in [-0.05, 0) is 82.0 Å². The van der Waals surface area contributed by atoms with Gasteiger partial charge in [-0.1, -0.05) is 35.9 Å². The summed E-state index contributed by atoms with van der Waals surface area (Å²) in [6.07, 6.45) is 2.72. The van der Waals surface area contributed by atoms with Gasteiger partial charge in [-0.3, -0.25) is 9.78 Å². The molecule has 42 heavy (non-hydrogen) atoms. The van der Waals surface area contributed by atoms with Crippen molar-refractivity contribution in [2.45, 2.75) is 26.4 Å². The lowest BCUT2D eigenvalue weighted by Crippen LogP contribution is -2.17. The minimum Gasteiger partial charge on any atom is -0.486 e. The number of para-hydroxylation sites is 1. The zero-order valence-electron chi connectivity index (χ0n) is 23.7. The molecule has 5 rings (SSSR count). The first kappa shape index (κ1) is 28.8. The number of aryl methyl sites for hydroxylation is 1. The SMILES string of the molecule is Cc1cc2ncc(C#N)c(Nc3ccc(OCc4ccc5ccccc5n4)c(Cl)c3)c2cc1NC(=O)CCCN(C)C. The second-order valence-corrected chi connectivity index (χ2v) is 10.8. The van der Waals surface area contributed by atoms with Crippen molar-refractivity contribution in [2.75, 3.05) is 31.3 Å². The lowest BCUT2D eigenvalue weighted by Gasteiger charge is -2.16. The fourth-order valence-corrected chi connectivity index (χ4v) is 4.88. The predicted molar refractivity (Wildman–Crippen MR) is 168 cm³/mol. The van der Waals surface area contributed by atoms with Gasteiger partial charge in [0.1, 0.15) is 18.4 Å². The first-order chi connectivity index (χ1) is 20.3. The minimum absolute atomic E-state index is 0.0560. The molecule has 0 aliphatic heterocycles. The van der Waals surface area contributed by atoms with Crippen molar-refractivity contribution in [3.8, 4) is 11.8 Å². The monoisotopic (exact) mass is 578 g/mol. The molecule has 2 heterocycles. The van der Waals surface area contributed by atoms with Gasteiger partial charge in [0.25, 0.3) is 0 Å². The van der Waals surface area contributed by atoms with Crippen molar-refractivity contribution in [3.05, 3.63) is 94.8 Å². The Kier molecular flexibility index (Phi) is 8.82. The highest BCUT2D eigenvalue weighted by Gasteiger charge is 2.14. The average molecular weight is 579 g/mol. The van der Waals surface area contributed by atoms with Crippen molar-refractivity contribution < 1.29 is 9.53 Å². The van der Waals surface area contributed by atoms with Gasteiger partial charge in [0, 0.05) is 34.8 Å². The number of ether oxygens (including phenoxy) is 1. The Morgan fingerprint density at radius 1 is 1.07 bits per heavy atom. The van der Waals surface area contributed by atoms with E-state index in [-0.39, 0.29) is 12.5 Å². The van der Waals surface area contributed by atoms with Gasteiger partial charge < -0.3 is 20.3 Å². The molecule has 5 aromatic rings. The first-order valence-corrected chi connectivity index (χ1v) is 14.0. The summed E-state index contributed by atoms with van der Waals surface area (Å²) in [7, 11) is 3.97. The van der Waals surface area contributed by atoms with Crippen LogP contribution in [0.4, 0.5) is 17.1 Å². The van der Waals surface area contributed by atoms with E-state index in [1.165, 1.54) is 0 Å². The molecule has 2 aromatic heterocycles. The smallest absolute Gasteiger partial charge is 0.224 e. The van der Waals surface area contributed by atoms with Gasteiger partial charge >= 0.3 is 0 Å². The van der Waals surface area contributed by atoms with Crippen LogP contribution in [0.3, 0.4) is 0 Å². The van der Waals surface area contributed by atoms with Crippen LogP contribution in [0.1, 0.15) is 29.7 Å². The number of hydrogen-bond acceptors (Lipinski definition) is 7. The van der Waals surface area contributed by atoms with Crippen LogP contribution in [0.5, 0.6) is 5.75 Å². The highest BCUT2D eigenvalue weighted by Crippen LogP contribution is 2.35. The number of nitriles is 1. The van der Waals surface area contributed by atoms with E-state index in [4.69, 9.17) is 16.3 Å². The van der Waals surface area contributed by atoms with Crippen LogP contribution in [0.15, 0.2) is 72.9 Å². The molecular formula is C33H31ClN6O2. The number of nitrogens with zero attached hydrogens (tertiary/aromatic N) is 4. The number of benzene rings is 3. The van der Waals surface area contributed by atoms with E-state index in [0.29, 0.717) is 50.7 Å². The molecule has 0 bridgehead atoms. The van der Waals surface area contributed by atoms with Gasteiger partial charge in [-0.15, -0.1) is 0 Å². The molecule has 0 radical (unpaired) electrons. The third kappa shape index (κ3) is 6.77. The topological polar surface area (TPSA) is 103 Å². The van der Waals surface area contributed by atoms with Gasteiger partial charge in [0.15, 0.2) is 0 Å². The number of rotatable bonds is 10. The normalized spacial score (nSPS) is 11.0. The summed E-state index contributed by atoms with van der Waals surface area (Å²) in [4.78, 5) is 23.8. The second kappa shape index (κ2) is 12.9. The van der Waals surface area contributed by atoms with E-state index >= 15 is 0 Å². The quantitative estimate of drug-likeness (QED) is 0.180. The van der Waals surface area contributed by atoms with E-state index in [1.807, 2.05) is 75.6 Å². The largest absolute Gasteiger partial charge is 0.486 e. The third-order valence-electron chi connectivity index (χ3n) is 6.85. The Balaban J connectivity index is 1.35. The number of hydrogen-bond donors (Lipinski definition) is 2. The minimum atomic E-state index is -0.0560. The Hall–Kier alpha value is -4.71. The number of aromatic nitrogens is 2. The number of anilines is 3. The Bertz CT molecular complexity index is 1820. The number of fused-ring (bicyclic) bond motifs is 2. The third-order valence-corrected chi connectivity index (χ3v) is 7.15. The molecule has 0 fully saturated rings. The van der Waals surface area contributed by atoms with Crippen LogP contribution in [-0.2, 0) is 11.4 Å². The number of halogens is 1. The van der Waals surface area contributed by atoms with Crippen LogP contribution in [0, 0.1) is 18.3 Å². The molecule has 0 spiro atoms. The van der Waals surface area contributed by atoms with Crippen molar-refractivity contribution >= 4 is 56.4 Å². The van der Waals surface area contributed by atoms with Crippen molar-refractivity contribution in [3.63, 3.8) is 0 Å². The van der Waals surface area contributed by atoms with Crippen LogP contribution < -0.4 is 15.4 Å². The van der Waals surface area contributed by atoms with E-state index in [0.717, 1.165) is 35.1 Å². The molecule has 0 atom stereocenters. The molecule has 0 unspecified atom stereocenters. The fourth-order valence-electron chi connectivity index (χ4n) is 4.65. The fraction of sp³-hybridized carbons (Fsp3) is 0.212. The van der Waals surface area contributed by atoms with E-state index in [9.17, 15) is 10.1 Å². The van der Waals surface area contributed by atoms with Gasteiger partial charge in [-0.25, -0.2) is 4.98 Å². The zero-order chi connectivity index (χ0) is 29.6. The lowest BCUT2D eigenvalue weighted by atomic mass is 10.0. The second-order valence-electron chi connectivity index (χ2n) is 10.4. The van der Waals surface area contributed by atoms with E-state index in [1.54, 1.807) is 18.3 Å². The summed E-state index contributed by atoms with van der Waals surface area (Å²) in [5.41, 5.74) is 5.60. The summed E-state index contributed by atoms with van der Waals surface area (Å²) in [6.45, 7) is 3.03. The summed E-state index contributed by atoms with van der Waals surface area (Å²) < 4.78 is 5.97. The molecule has 212 valence electrons. The molecule has 0 aliphatic carbocycles. The summed E-state index contributed by atoms with van der Waals surface area (Å²) in [6, 6.07) is 23.2. The maximum atomic E-state index is 12.6. The number of carbonyl (C=O) groups excluding carboxylic acids is 1.